The van der Waals surface area contributed by atoms with E-state index >= 15 is 0 Å². The summed E-state index contributed by atoms with van der Waals surface area (Å²) >= 11 is 0. The number of alkyl halides is 2. The fourth-order valence-electron chi connectivity index (χ4n) is 1.33. The maximum absolute atomic E-state index is 12.5. The van der Waals surface area contributed by atoms with Crippen LogP contribution in [-0.4, -0.2) is 9.97 Å². The number of halogens is 2. The van der Waals surface area contributed by atoms with Gasteiger partial charge in [-0.15, -0.1) is 0 Å². The first-order valence-electron chi connectivity index (χ1n) is 4.64. The van der Waals surface area contributed by atoms with Gasteiger partial charge in [-0.1, -0.05) is 18.2 Å². The molecule has 0 radical (unpaired) electrons. The lowest BCUT2D eigenvalue weighted by Crippen LogP contribution is -1.95. The van der Waals surface area contributed by atoms with Gasteiger partial charge in [-0.2, -0.15) is 0 Å². The molecular formula is C11H9F2N3. The van der Waals surface area contributed by atoms with Crippen molar-refractivity contribution >= 4 is 5.82 Å². The minimum atomic E-state index is -2.50. The van der Waals surface area contributed by atoms with Gasteiger partial charge >= 0.3 is 0 Å². The minimum absolute atomic E-state index is 0.0523. The quantitative estimate of drug-likeness (QED) is 0.848. The number of anilines is 1. The van der Waals surface area contributed by atoms with E-state index in [0.717, 1.165) is 0 Å². The van der Waals surface area contributed by atoms with Gasteiger partial charge in [0.15, 0.2) is 5.82 Å². The molecule has 5 heteroatoms. The van der Waals surface area contributed by atoms with E-state index in [0.29, 0.717) is 17.2 Å². The summed E-state index contributed by atoms with van der Waals surface area (Å²) in [6.07, 6.45) is -1.01. The summed E-state index contributed by atoms with van der Waals surface area (Å²) < 4.78 is 25.0. The molecule has 0 fully saturated rings. The first-order chi connectivity index (χ1) is 7.66. The Morgan fingerprint density at radius 3 is 2.69 bits per heavy atom. The van der Waals surface area contributed by atoms with E-state index in [9.17, 15) is 8.78 Å². The van der Waals surface area contributed by atoms with Crippen molar-refractivity contribution < 1.29 is 8.78 Å². The maximum atomic E-state index is 12.5. The molecule has 0 aliphatic rings. The highest BCUT2D eigenvalue weighted by Crippen LogP contribution is 2.23. The summed E-state index contributed by atoms with van der Waals surface area (Å²) in [7, 11) is 0. The third-order valence-corrected chi connectivity index (χ3v) is 2.07. The summed E-state index contributed by atoms with van der Waals surface area (Å²) in [6.45, 7) is 0. The molecule has 0 spiro atoms. The zero-order chi connectivity index (χ0) is 11.5. The number of nitrogen functional groups attached to an aromatic ring is 1. The lowest BCUT2D eigenvalue weighted by molar-refractivity contribution is 0.151. The van der Waals surface area contributed by atoms with Crippen molar-refractivity contribution in [1.82, 2.24) is 9.97 Å². The number of hydrogen-bond acceptors (Lipinski definition) is 3. The average Bonchev–Trinajstić information content (AvgIpc) is 2.29. The van der Waals surface area contributed by atoms with E-state index in [1.807, 2.05) is 0 Å². The van der Waals surface area contributed by atoms with E-state index in [1.54, 1.807) is 18.2 Å². The lowest BCUT2D eigenvalue weighted by atomic mass is 10.1. The van der Waals surface area contributed by atoms with Crippen LogP contribution in [0.2, 0.25) is 0 Å². The van der Waals surface area contributed by atoms with E-state index in [4.69, 9.17) is 5.73 Å². The lowest BCUT2D eigenvalue weighted by Gasteiger charge is -2.03. The van der Waals surface area contributed by atoms with E-state index < -0.39 is 6.43 Å². The zero-order valence-electron chi connectivity index (χ0n) is 8.27. The Bertz CT molecular complexity index is 500. The van der Waals surface area contributed by atoms with E-state index in [-0.39, 0.29) is 5.56 Å². The van der Waals surface area contributed by atoms with Crippen molar-refractivity contribution in [2.75, 3.05) is 5.73 Å². The van der Waals surface area contributed by atoms with Gasteiger partial charge in [-0.05, 0) is 12.1 Å². The van der Waals surface area contributed by atoms with E-state index in [1.165, 1.54) is 18.3 Å². The Hall–Kier alpha value is -2.04. The highest BCUT2D eigenvalue weighted by atomic mass is 19.3. The van der Waals surface area contributed by atoms with Crippen molar-refractivity contribution in [3.8, 4) is 11.4 Å². The highest BCUT2D eigenvalue weighted by Gasteiger charge is 2.09. The molecule has 0 amide bonds. The van der Waals surface area contributed by atoms with Crippen LogP contribution in [-0.2, 0) is 0 Å². The van der Waals surface area contributed by atoms with Crippen molar-refractivity contribution in [3.05, 3.63) is 42.1 Å². The molecule has 0 aliphatic heterocycles. The smallest absolute Gasteiger partial charge is 0.263 e. The fourth-order valence-corrected chi connectivity index (χ4v) is 1.33. The molecule has 1 aromatic carbocycles. The molecule has 0 atom stereocenters. The Morgan fingerprint density at radius 2 is 2.00 bits per heavy atom. The van der Waals surface area contributed by atoms with E-state index in [2.05, 4.69) is 9.97 Å². The first kappa shape index (κ1) is 10.5. The molecule has 1 heterocycles. The predicted octanol–water partition coefficient (Wildman–Crippen LogP) is 2.66. The Kier molecular flexibility index (Phi) is 2.76. The maximum Gasteiger partial charge on any atom is 0.263 e. The van der Waals surface area contributed by atoms with Crippen LogP contribution in [0.4, 0.5) is 14.6 Å². The Morgan fingerprint density at radius 1 is 1.19 bits per heavy atom. The number of aromatic nitrogens is 2. The van der Waals surface area contributed by atoms with Gasteiger partial charge in [0.05, 0.1) is 0 Å². The van der Waals surface area contributed by atoms with Gasteiger partial charge < -0.3 is 5.73 Å². The van der Waals surface area contributed by atoms with Crippen LogP contribution in [0.1, 0.15) is 12.0 Å². The van der Waals surface area contributed by atoms with Crippen molar-refractivity contribution in [2.24, 2.45) is 0 Å². The van der Waals surface area contributed by atoms with Crippen LogP contribution in [0.5, 0.6) is 0 Å². The number of nitrogens with zero attached hydrogens (tertiary/aromatic N) is 2. The van der Waals surface area contributed by atoms with Gasteiger partial charge in [-0.3, -0.25) is 0 Å². The highest BCUT2D eigenvalue weighted by molar-refractivity contribution is 5.57. The molecule has 1 aromatic heterocycles. The number of benzene rings is 1. The van der Waals surface area contributed by atoms with Crippen molar-refractivity contribution in [2.45, 2.75) is 6.43 Å². The third-order valence-electron chi connectivity index (χ3n) is 2.07. The topological polar surface area (TPSA) is 51.8 Å². The second-order valence-corrected chi connectivity index (χ2v) is 3.23. The van der Waals surface area contributed by atoms with Gasteiger partial charge in [0.25, 0.3) is 6.43 Å². The standard InChI is InChI=1S/C11H9F2N3/c12-10(13)7-2-1-3-8(6-7)11-15-5-4-9(14)16-11/h1-6,10H,(H2,14,15,16). The summed E-state index contributed by atoms with van der Waals surface area (Å²) in [4.78, 5) is 7.94. The van der Waals surface area contributed by atoms with Crippen LogP contribution >= 0.6 is 0 Å². The second kappa shape index (κ2) is 4.22. The fraction of sp³-hybridized carbons (Fsp3) is 0.0909. The molecule has 0 unspecified atom stereocenters. The molecule has 16 heavy (non-hydrogen) atoms. The molecule has 2 N–H and O–H groups in total. The van der Waals surface area contributed by atoms with Crippen LogP contribution in [0, 0.1) is 0 Å². The van der Waals surface area contributed by atoms with Crippen LogP contribution in [0.15, 0.2) is 36.5 Å². The SMILES string of the molecule is Nc1ccnc(-c2cccc(C(F)F)c2)n1. The molecule has 2 rings (SSSR count). The normalized spacial score (nSPS) is 10.7. The monoisotopic (exact) mass is 221 g/mol. The average molecular weight is 221 g/mol. The summed E-state index contributed by atoms with van der Waals surface area (Å²) in [5.41, 5.74) is 5.97. The Labute approximate surface area is 91.0 Å². The summed E-state index contributed by atoms with van der Waals surface area (Å²) in [6, 6.07) is 7.48. The largest absolute Gasteiger partial charge is 0.384 e. The molecular weight excluding hydrogens is 212 g/mol. The number of hydrogen-bond donors (Lipinski definition) is 1. The molecule has 82 valence electrons. The van der Waals surface area contributed by atoms with Gasteiger partial charge in [0.2, 0.25) is 0 Å². The second-order valence-electron chi connectivity index (χ2n) is 3.23. The van der Waals surface area contributed by atoms with Gasteiger partial charge in [0.1, 0.15) is 5.82 Å². The minimum Gasteiger partial charge on any atom is -0.384 e. The molecule has 0 bridgehead atoms. The summed E-state index contributed by atoms with van der Waals surface area (Å²) in [5, 5.41) is 0. The van der Waals surface area contributed by atoms with Crippen molar-refractivity contribution in [3.63, 3.8) is 0 Å². The van der Waals surface area contributed by atoms with Crippen LogP contribution in [0.25, 0.3) is 11.4 Å². The first-order valence-corrected chi connectivity index (χ1v) is 4.64. The van der Waals surface area contributed by atoms with Crippen LogP contribution in [0.3, 0.4) is 0 Å². The Balaban J connectivity index is 2.44. The predicted molar refractivity (Wildman–Crippen MR) is 56.8 cm³/mol. The van der Waals surface area contributed by atoms with Gasteiger partial charge in [-0.25, -0.2) is 18.7 Å². The number of rotatable bonds is 2. The van der Waals surface area contributed by atoms with Crippen LogP contribution < -0.4 is 5.73 Å². The summed E-state index contributed by atoms with van der Waals surface area (Å²) in [5.74, 6) is 0.662. The van der Waals surface area contributed by atoms with Crippen molar-refractivity contribution in [1.29, 1.82) is 0 Å². The van der Waals surface area contributed by atoms with Gasteiger partial charge in [0, 0.05) is 17.3 Å². The molecule has 3 nitrogen and oxygen atoms in total. The third kappa shape index (κ3) is 2.13. The molecule has 2 aromatic rings. The number of nitrogens with two attached hydrogens (primary N) is 1. The molecule has 0 saturated heterocycles. The molecule has 0 saturated carbocycles. The zero-order valence-corrected chi connectivity index (χ0v) is 8.27. The molecule has 0 aliphatic carbocycles.